The van der Waals surface area contributed by atoms with Crippen molar-refractivity contribution >= 4 is 11.6 Å². The molecule has 0 aliphatic carbocycles. The van der Waals surface area contributed by atoms with Crippen LogP contribution in [-0.4, -0.2) is 21.9 Å². The molecule has 1 aliphatic heterocycles. The molecule has 1 atom stereocenters. The highest BCUT2D eigenvalue weighted by atomic mass is 16.2. The average Bonchev–Trinajstić information content (AvgIpc) is 2.65. The molecule has 20 heavy (non-hydrogen) atoms. The average molecular weight is 268 g/mol. The monoisotopic (exact) mass is 268 g/mol. The Morgan fingerprint density at radius 2 is 2.20 bits per heavy atom. The van der Waals surface area contributed by atoms with Crippen molar-refractivity contribution in [2.45, 2.75) is 25.4 Å². The van der Waals surface area contributed by atoms with Gasteiger partial charge in [0.2, 0.25) is 5.91 Å². The third kappa shape index (κ3) is 2.83. The van der Waals surface area contributed by atoms with Crippen molar-refractivity contribution in [3.63, 3.8) is 0 Å². The summed E-state index contributed by atoms with van der Waals surface area (Å²) in [5, 5.41) is 6.23. The molecule has 2 N–H and O–H groups in total. The maximum Gasteiger partial charge on any atom is 0.241 e. The predicted octanol–water partition coefficient (Wildman–Crippen LogP) is 1.52. The van der Waals surface area contributed by atoms with E-state index in [1.54, 1.807) is 6.20 Å². The minimum atomic E-state index is -0.197. The van der Waals surface area contributed by atoms with Crippen LogP contribution in [0.5, 0.6) is 0 Å². The second-order valence-corrected chi connectivity index (χ2v) is 4.82. The van der Waals surface area contributed by atoms with Gasteiger partial charge < -0.3 is 10.6 Å². The van der Waals surface area contributed by atoms with Gasteiger partial charge in [-0.2, -0.15) is 0 Å². The summed E-state index contributed by atoms with van der Waals surface area (Å²) >= 11 is 0. The molecule has 0 radical (unpaired) electrons. The smallest absolute Gasteiger partial charge is 0.241 e. The van der Waals surface area contributed by atoms with E-state index in [0.717, 1.165) is 24.2 Å². The molecular formula is C15H16N4O. The standard InChI is InChI=1S/C15H16N4O/c20-15-14(17-9-12-7-8-16-10-18-12)6-5-11-3-1-2-4-13(11)19-15/h1-4,7-8,10,14,17H,5-6,9H2,(H,19,20). The molecule has 1 aliphatic rings. The van der Waals surface area contributed by atoms with Gasteiger partial charge in [-0.3, -0.25) is 4.79 Å². The maximum absolute atomic E-state index is 12.2. The molecule has 3 rings (SSSR count). The Morgan fingerprint density at radius 3 is 3.05 bits per heavy atom. The number of hydrogen-bond acceptors (Lipinski definition) is 4. The summed E-state index contributed by atoms with van der Waals surface area (Å²) in [6.45, 7) is 0.566. The Kier molecular flexibility index (Phi) is 3.69. The molecule has 0 spiro atoms. The highest BCUT2D eigenvalue weighted by molar-refractivity contribution is 5.96. The number of hydrogen-bond donors (Lipinski definition) is 2. The fourth-order valence-corrected chi connectivity index (χ4v) is 2.36. The Labute approximate surface area is 117 Å². The van der Waals surface area contributed by atoms with Crippen LogP contribution < -0.4 is 10.6 Å². The van der Waals surface area contributed by atoms with Gasteiger partial charge in [0.25, 0.3) is 0 Å². The lowest BCUT2D eigenvalue weighted by atomic mass is 10.1. The first kappa shape index (κ1) is 12.7. The van der Waals surface area contributed by atoms with E-state index in [1.807, 2.05) is 24.3 Å². The molecule has 0 saturated heterocycles. The van der Waals surface area contributed by atoms with Crippen LogP contribution in [0.1, 0.15) is 17.7 Å². The lowest BCUT2D eigenvalue weighted by Crippen LogP contribution is -2.39. The van der Waals surface area contributed by atoms with Gasteiger partial charge in [-0.15, -0.1) is 0 Å². The van der Waals surface area contributed by atoms with Gasteiger partial charge in [-0.1, -0.05) is 18.2 Å². The van der Waals surface area contributed by atoms with Crippen molar-refractivity contribution in [1.82, 2.24) is 15.3 Å². The Morgan fingerprint density at radius 1 is 1.30 bits per heavy atom. The van der Waals surface area contributed by atoms with Crippen LogP contribution in [0, 0.1) is 0 Å². The highest BCUT2D eigenvalue weighted by Gasteiger charge is 2.22. The molecule has 1 aromatic carbocycles. The molecule has 1 aromatic heterocycles. The van der Waals surface area contributed by atoms with Crippen LogP contribution in [0.15, 0.2) is 42.9 Å². The van der Waals surface area contributed by atoms with E-state index in [-0.39, 0.29) is 11.9 Å². The number of fused-ring (bicyclic) bond motifs is 1. The number of benzene rings is 1. The third-order valence-corrected chi connectivity index (χ3v) is 3.47. The van der Waals surface area contributed by atoms with Gasteiger partial charge >= 0.3 is 0 Å². The van der Waals surface area contributed by atoms with Crippen LogP contribution >= 0.6 is 0 Å². The van der Waals surface area contributed by atoms with Crippen molar-refractivity contribution in [2.75, 3.05) is 5.32 Å². The largest absolute Gasteiger partial charge is 0.324 e. The number of para-hydroxylation sites is 1. The van der Waals surface area contributed by atoms with Crippen LogP contribution in [0.25, 0.3) is 0 Å². The molecule has 0 saturated carbocycles. The quantitative estimate of drug-likeness (QED) is 0.885. The van der Waals surface area contributed by atoms with Crippen molar-refractivity contribution in [1.29, 1.82) is 0 Å². The van der Waals surface area contributed by atoms with Crippen LogP contribution in [-0.2, 0) is 17.8 Å². The molecule has 5 heteroatoms. The lowest BCUT2D eigenvalue weighted by molar-refractivity contribution is -0.118. The van der Waals surface area contributed by atoms with Crippen molar-refractivity contribution < 1.29 is 4.79 Å². The molecule has 0 fully saturated rings. The molecule has 1 amide bonds. The maximum atomic E-state index is 12.2. The number of aromatic nitrogens is 2. The van der Waals surface area contributed by atoms with Crippen molar-refractivity contribution in [3.8, 4) is 0 Å². The number of aryl methyl sites for hydroxylation is 1. The summed E-state index contributed by atoms with van der Waals surface area (Å²) in [7, 11) is 0. The molecule has 102 valence electrons. The first-order valence-corrected chi connectivity index (χ1v) is 6.70. The van der Waals surface area contributed by atoms with E-state index < -0.39 is 0 Å². The summed E-state index contributed by atoms with van der Waals surface area (Å²) in [5.41, 5.74) is 2.99. The van der Waals surface area contributed by atoms with Crippen LogP contribution in [0.3, 0.4) is 0 Å². The lowest BCUT2D eigenvalue weighted by Gasteiger charge is -2.14. The summed E-state index contributed by atoms with van der Waals surface area (Å²) in [5.74, 6) is 0.0176. The normalized spacial score (nSPS) is 18.0. The number of rotatable bonds is 3. The van der Waals surface area contributed by atoms with E-state index in [4.69, 9.17) is 0 Å². The summed E-state index contributed by atoms with van der Waals surface area (Å²) < 4.78 is 0. The number of amides is 1. The molecule has 2 aromatic rings. The molecular weight excluding hydrogens is 252 g/mol. The van der Waals surface area contributed by atoms with E-state index in [0.29, 0.717) is 6.54 Å². The van der Waals surface area contributed by atoms with Crippen LogP contribution in [0.2, 0.25) is 0 Å². The van der Waals surface area contributed by atoms with Gasteiger partial charge in [0.1, 0.15) is 6.33 Å². The molecule has 2 heterocycles. The molecule has 1 unspecified atom stereocenters. The zero-order chi connectivity index (χ0) is 13.8. The fraction of sp³-hybridized carbons (Fsp3) is 0.267. The zero-order valence-corrected chi connectivity index (χ0v) is 11.0. The SMILES string of the molecule is O=C1Nc2ccccc2CCC1NCc1ccncn1. The van der Waals surface area contributed by atoms with Gasteiger partial charge in [-0.25, -0.2) is 9.97 Å². The number of nitrogens with zero attached hydrogens (tertiary/aromatic N) is 2. The van der Waals surface area contributed by atoms with E-state index in [1.165, 1.54) is 11.9 Å². The number of anilines is 1. The second-order valence-electron chi connectivity index (χ2n) is 4.82. The minimum absolute atomic E-state index is 0.0176. The summed E-state index contributed by atoms with van der Waals surface area (Å²) in [6, 6.07) is 9.59. The van der Waals surface area contributed by atoms with E-state index in [2.05, 4.69) is 26.7 Å². The van der Waals surface area contributed by atoms with Gasteiger partial charge in [0.15, 0.2) is 0 Å². The second kappa shape index (κ2) is 5.79. The Balaban J connectivity index is 1.66. The number of nitrogens with one attached hydrogen (secondary N) is 2. The van der Waals surface area contributed by atoms with Gasteiger partial charge in [0.05, 0.1) is 11.7 Å². The van der Waals surface area contributed by atoms with Gasteiger partial charge in [0, 0.05) is 18.4 Å². The van der Waals surface area contributed by atoms with E-state index >= 15 is 0 Å². The first-order valence-electron chi connectivity index (χ1n) is 6.70. The summed E-state index contributed by atoms with van der Waals surface area (Å²) in [4.78, 5) is 20.2. The van der Waals surface area contributed by atoms with Crippen molar-refractivity contribution in [3.05, 3.63) is 54.1 Å². The van der Waals surface area contributed by atoms with Crippen molar-refractivity contribution in [2.24, 2.45) is 0 Å². The number of carbonyl (C=O) groups excluding carboxylic acids is 1. The zero-order valence-electron chi connectivity index (χ0n) is 11.0. The minimum Gasteiger partial charge on any atom is -0.324 e. The van der Waals surface area contributed by atoms with Gasteiger partial charge in [-0.05, 0) is 30.5 Å². The highest BCUT2D eigenvalue weighted by Crippen LogP contribution is 2.21. The third-order valence-electron chi connectivity index (χ3n) is 3.47. The summed E-state index contributed by atoms with van der Waals surface area (Å²) in [6.07, 6.45) is 4.89. The molecule has 0 bridgehead atoms. The Hall–Kier alpha value is -2.27. The predicted molar refractivity (Wildman–Crippen MR) is 76.1 cm³/mol. The first-order chi connectivity index (χ1) is 9.83. The topological polar surface area (TPSA) is 66.9 Å². The van der Waals surface area contributed by atoms with E-state index in [9.17, 15) is 4.79 Å². The fourth-order valence-electron chi connectivity index (χ4n) is 2.36. The number of carbonyl (C=O) groups is 1. The Bertz CT molecular complexity index is 600. The molecule has 5 nitrogen and oxygen atoms in total. The van der Waals surface area contributed by atoms with Crippen LogP contribution in [0.4, 0.5) is 5.69 Å².